The highest BCUT2D eigenvalue weighted by molar-refractivity contribution is 6.00. The third kappa shape index (κ3) is 3.65. The topological polar surface area (TPSA) is 96.7 Å². The van der Waals surface area contributed by atoms with Crippen molar-refractivity contribution in [1.29, 1.82) is 0 Å². The fourth-order valence-electron chi connectivity index (χ4n) is 2.52. The molecule has 0 aliphatic carbocycles. The molecule has 0 aromatic carbocycles. The summed E-state index contributed by atoms with van der Waals surface area (Å²) in [6.45, 7) is 5.21. The van der Waals surface area contributed by atoms with Gasteiger partial charge in [0.2, 0.25) is 5.88 Å². The number of hydrogen-bond donors (Lipinski definition) is 2. The Labute approximate surface area is 128 Å². The molecule has 0 unspecified atom stereocenters. The number of ether oxygens (including phenoxy) is 1. The Kier molecular flexibility index (Phi) is 5.54. The molecule has 122 valence electrons. The largest absolute Gasteiger partial charge is 0.494 e. The van der Waals surface area contributed by atoms with Crippen molar-refractivity contribution in [3.8, 4) is 5.88 Å². The van der Waals surface area contributed by atoms with E-state index in [2.05, 4.69) is 9.98 Å². The smallest absolute Gasteiger partial charge is 0.331 e. The third-order valence-electron chi connectivity index (χ3n) is 3.83. The SMILES string of the molecule is CCCCn1c(O)c(C(C)=NC[C@@H]2CCCO2)c(=O)[nH]c1=O. The molecule has 22 heavy (non-hydrogen) atoms. The van der Waals surface area contributed by atoms with E-state index in [4.69, 9.17) is 4.74 Å². The van der Waals surface area contributed by atoms with Crippen molar-refractivity contribution in [2.75, 3.05) is 13.2 Å². The predicted octanol–water partition coefficient (Wildman–Crippen LogP) is 1.03. The van der Waals surface area contributed by atoms with Gasteiger partial charge in [0.25, 0.3) is 5.56 Å². The summed E-state index contributed by atoms with van der Waals surface area (Å²) in [5.41, 5.74) is -0.719. The number of hydrogen-bond acceptors (Lipinski definition) is 5. The van der Waals surface area contributed by atoms with E-state index >= 15 is 0 Å². The maximum Gasteiger partial charge on any atom is 0.331 e. The van der Waals surface area contributed by atoms with Gasteiger partial charge in [0.05, 0.1) is 12.6 Å². The zero-order valence-electron chi connectivity index (χ0n) is 13.1. The highest BCUT2D eigenvalue weighted by atomic mass is 16.5. The first kappa shape index (κ1) is 16.5. The molecule has 0 bridgehead atoms. The molecule has 2 N–H and O–H groups in total. The molecule has 0 spiro atoms. The number of H-pyrrole nitrogens is 1. The van der Waals surface area contributed by atoms with Gasteiger partial charge in [0.1, 0.15) is 5.56 Å². The predicted molar refractivity (Wildman–Crippen MR) is 83.9 cm³/mol. The van der Waals surface area contributed by atoms with Crippen LogP contribution in [0.5, 0.6) is 5.88 Å². The van der Waals surface area contributed by atoms with E-state index in [9.17, 15) is 14.7 Å². The van der Waals surface area contributed by atoms with Gasteiger partial charge in [-0.25, -0.2) is 4.79 Å². The lowest BCUT2D eigenvalue weighted by atomic mass is 10.2. The molecular formula is C15H23N3O4. The Bertz CT molecular complexity index is 654. The van der Waals surface area contributed by atoms with Gasteiger partial charge >= 0.3 is 5.69 Å². The number of aromatic nitrogens is 2. The molecule has 1 aliphatic rings. The Morgan fingerprint density at radius 2 is 2.27 bits per heavy atom. The van der Waals surface area contributed by atoms with Crippen molar-refractivity contribution < 1.29 is 9.84 Å². The molecule has 0 amide bonds. The Balaban J connectivity index is 2.30. The molecule has 0 radical (unpaired) electrons. The number of aromatic amines is 1. The molecule has 0 saturated carbocycles. The lowest BCUT2D eigenvalue weighted by Gasteiger charge is -2.11. The van der Waals surface area contributed by atoms with Crippen LogP contribution in [0.4, 0.5) is 0 Å². The summed E-state index contributed by atoms with van der Waals surface area (Å²) in [5.74, 6) is -0.309. The van der Waals surface area contributed by atoms with Gasteiger partial charge in [-0.3, -0.25) is 19.3 Å². The normalized spacial score (nSPS) is 18.8. The van der Waals surface area contributed by atoms with Crippen LogP contribution < -0.4 is 11.2 Å². The number of nitrogens with one attached hydrogen (secondary N) is 1. The zero-order valence-corrected chi connectivity index (χ0v) is 13.1. The molecule has 1 saturated heterocycles. The molecule has 1 aromatic rings. The molecule has 1 aliphatic heterocycles. The lowest BCUT2D eigenvalue weighted by Crippen LogP contribution is -2.33. The minimum atomic E-state index is -0.608. The van der Waals surface area contributed by atoms with E-state index in [-0.39, 0.29) is 17.5 Å². The highest BCUT2D eigenvalue weighted by Gasteiger charge is 2.18. The summed E-state index contributed by atoms with van der Waals surface area (Å²) >= 11 is 0. The number of aromatic hydroxyl groups is 1. The van der Waals surface area contributed by atoms with E-state index in [1.54, 1.807) is 6.92 Å². The summed E-state index contributed by atoms with van der Waals surface area (Å²) in [4.78, 5) is 30.4. The third-order valence-corrected chi connectivity index (χ3v) is 3.83. The van der Waals surface area contributed by atoms with Crippen molar-refractivity contribution in [3.05, 3.63) is 26.4 Å². The van der Waals surface area contributed by atoms with Crippen LogP contribution in [0, 0.1) is 0 Å². The van der Waals surface area contributed by atoms with Gasteiger partial charge < -0.3 is 9.84 Å². The molecule has 2 heterocycles. The summed E-state index contributed by atoms with van der Waals surface area (Å²) in [5, 5.41) is 10.3. The van der Waals surface area contributed by atoms with Gasteiger partial charge in [-0.15, -0.1) is 0 Å². The second kappa shape index (κ2) is 7.40. The second-order valence-electron chi connectivity index (χ2n) is 5.52. The average molecular weight is 309 g/mol. The Morgan fingerprint density at radius 1 is 1.50 bits per heavy atom. The molecular weight excluding hydrogens is 286 g/mol. The van der Waals surface area contributed by atoms with Gasteiger partial charge in [0.15, 0.2) is 0 Å². The number of nitrogens with zero attached hydrogens (tertiary/aromatic N) is 2. The Hall–Kier alpha value is -1.89. The maximum atomic E-state index is 12.0. The number of rotatable bonds is 6. The molecule has 1 aromatic heterocycles. The minimum Gasteiger partial charge on any atom is -0.494 e. The second-order valence-corrected chi connectivity index (χ2v) is 5.52. The van der Waals surface area contributed by atoms with Crippen molar-refractivity contribution in [2.24, 2.45) is 4.99 Å². The van der Waals surface area contributed by atoms with E-state index < -0.39 is 11.2 Å². The van der Waals surface area contributed by atoms with E-state index in [0.29, 0.717) is 18.8 Å². The van der Waals surface area contributed by atoms with Gasteiger partial charge in [0, 0.05) is 18.9 Å². The number of aliphatic imine (C=N–C) groups is 1. The highest BCUT2D eigenvalue weighted by Crippen LogP contribution is 2.15. The maximum absolute atomic E-state index is 12.0. The molecule has 1 atom stereocenters. The van der Waals surface area contributed by atoms with Crippen LogP contribution in [0.2, 0.25) is 0 Å². The van der Waals surface area contributed by atoms with Gasteiger partial charge in [-0.2, -0.15) is 0 Å². The van der Waals surface area contributed by atoms with Gasteiger partial charge in [-0.05, 0) is 26.2 Å². The molecule has 1 fully saturated rings. The van der Waals surface area contributed by atoms with Crippen molar-refractivity contribution in [2.45, 2.75) is 52.2 Å². The molecule has 2 rings (SSSR count). The van der Waals surface area contributed by atoms with Crippen LogP contribution in [0.3, 0.4) is 0 Å². The fourth-order valence-corrected chi connectivity index (χ4v) is 2.52. The van der Waals surface area contributed by atoms with Crippen molar-refractivity contribution in [1.82, 2.24) is 9.55 Å². The summed E-state index contributed by atoms with van der Waals surface area (Å²) in [6.07, 6.45) is 3.67. The summed E-state index contributed by atoms with van der Waals surface area (Å²) < 4.78 is 6.67. The van der Waals surface area contributed by atoms with Crippen LogP contribution in [0.25, 0.3) is 0 Å². The first-order valence-electron chi connectivity index (χ1n) is 7.73. The lowest BCUT2D eigenvalue weighted by molar-refractivity contribution is 0.118. The monoisotopic (exact) mass is 309 g/mol. The van der Waals surface area contributed by atoms with Crippen LogP contribution in [-0.2, 0) is 11.3 Å². The van der Waals surface area contributed by atoms with Crippen molar-refractivity contribution in [3.63, 3.8) is 0 Å². The molecule has 7 heteroatoms. The van der Waals surface area contributed by atoms with Crippen LogP contribution in [-0.4, -0.2) is 39.6 Å². The van der Waals surface area contributed by atoms with Crippen LogP contribution in [0.1, 0.15) is 45.1 Å². The standard InChI is InChI=1S/C15H23N3O4/c1-3-4-7-18-14(20)12(13(19)17-15(18)21)10(2)16-9-11-6-5-8-22-11/h11,20H,3-9H2,1-2H3,(H,17,19,21)/t11-/m0/s1. The van der Waals surface area contributed by atoms with Gasteiger partial charge in [-0.1, -0.05) is 13.3 Å². The van der Waals surface area contributed by atoms with E-state index in [1.807, 2.05) is 6.92 Å². The van der Waals surface area contributed by atoms with E-state index in [0.717, 1.165) is 32.3 Å². The number of unbranched alkanes of at least 4 members (excludes halogenated alkanes) is 1. The average Bonchev–Trinajstić information content (AvgIpc) is 2.98. The van der Waals surface area contributed by atoms with E-state index in [1.165, 1.54) is 4.57 Å². The first-order chi connectivity index (χ1) is 10.5. The minimum absolute atomic E-state index is 0.0636. The Morgan fingerprint density at radius 3 is 2.91 bits per heavy atom. The van der Waals surface area contributed by atoms with Crippen LogP contribution in [0.15, 0.2) is 14.6 Å². The fraction of sp³-hybridized carbons (Fsp3) is 0.667. The quantitative estimate of drug-likeness (QED) is 0.767. The van der Waals surface area contributed by atoms with Crippen LogP contribution >= 0.6 is 0 Å². The first-order valence-corrected chi connectivity index (χ1v) is 7.73. The molecule has 7 nitrogen and oxygen atoms in total. The zero-order chi connectivity index (χ0) is 16.1. The summed E-state index contributed by atoms with van der Waals surface area (Å²) in [7, 11) is 0. The van der Waals surface area contributed by atoms with Crippen molar-refractivity contribution >= 4 is 5.71 Å². The summed E-state index contributed by atoms with van der Waals surface area (Å²) in [6, 6.07) is 0.